The summed E-state index contributed by atoms with van der Waals surface area (Å²) >= 11 is 0. The summed E-state index contributed by atoms with van der Waals surface area (Å²) in [6.45, 7) is 5.94. The molecule has 3 aromatic rings. The first-order chi connectivity index (χ1) is 14.5. The number of hydrogen-bond donors (Lipinski definition) is 1. The molecular weight excluding hydrogens is 376 g/mol. The number of anilines is 2. The minimum absolute atomic E-state index is 0.0391. The molecule has 2 heterocycles. The van der Waals surface area contributed by atoms with Crippen molar-refractivity contribution in [2.24, 2.45) is 5.92 Å². The summed E-state index contributed by atoms with van der Waals surface area (Å²) in [5, 5.41) is 8.85. The lowest BCUT2D eigenvalue weighted by molar-refractivity contribution is 0.104. The van der Waals surface area contributed by atoms with Gasteiger partial charge in [0.2, 0.25) is 0 Å². The van der Waals surface area contributed by atoms with Gasteiger partial charge in [-0.3, -0.25) is 4.79 Å². The average molecular weight is 405 g/mol. The fraction of sp³-hybridized carbons (Fsp3) is 0.417. The van der Waals surface area contributed by atoms with Crippen molar-refractivity contribution in [3.8, 4) is 11.3 Å². The number of nitrogens with zero attached hydrogens (tertiary/aromatic N) is 3. The molecule has 156 valence electrons. The molecule has 2 aromatic carbocycles. The average Bonchev–Trinajstić information content (AvgIpc) is 3.17. The van der Waals surface area contributed by atoms with Gasteiger partial charge >= 0.3 is 0 Å². The van der Waals surface area contributed by atoms with Crippen LogP contribution in [0.15, 0.2) is 34.9 Å². The zero-order valence-corrected chi connectivity index (χ0v) is 17.9. The number of carbonyl (C=O) groups excluding carboxylic acids is 1. The highest BCUT2D eigenvalue weighted by molar-refractivity contribution is 6.28. The Morgan fingerprint density at radius 3 is 2.83 bits per heavy atom. The molecule has 1 saturated heterocycles. The van der Waals surface area contributed by atoms with Gasteiger partial charge in [-0.25, -0.2) is 0 Å². The summed E-state index contributed by atoms with van der Waals surface area (Å²) < 4.78 is 5.86. The third-order valence-electron chi connectivity index (χ3n) is 6.25. The highest BCUT2D eigenvalue weighted by Gasteiger charge is 2.34. The van der Waals surface area contributed by atoms with Gasteiger partial charge in [0.25, 0.3) is 0 Å². The van der Waals surface area contributed by atoms with Crippen LogP contribution in [0.2, 0.25) is 0 Å². The zero-order valence-electron chi connectivity index (χ0n) is 17.9. The first kappa shape index (κ1) is 19.1. The van der Waals surface area contributed by atoms with E-state index in [0.29, 0.717) is 22.8 Å². The van der Waals surface area contributed by atoms with Gasteiger partial charge in [-0.05, 0) is 38.9 Å². The molecule has 1 aliphatic heterocycles. The van der Waals surface area contributed by atoms with Crippen molar-refractivity contribution in [3.05, 3.63) is 41.5 Å². The lowest BCUT2D eigenvalue weighted by atomic mass is 9.86. The van der Waals surface area contributed by atoms with E-state index < -0.39 is 0 Å². The monoisotopic (exact) mass is 404 g/mol. The number of carbonyl (C=O) groups is 1. The Kier molecular flexibility index (Phi) is 4.74. The largest absolute Gasteiger partial charge is 0.383 e. The SMILES string of the molecule is C[C@@H]1CCCN(c2cc(NCCN(C)C)c3c4c(onc24)-c2ccccc2C3=O)C1. The molecule has 6 heteroatoms. The first-order valence-electron chi connectivity index (χ1n) is 10.8. The summed E-state index contributed by atoms with van der Waals surface area (Å²) in [6, 6.07) is 9.78. The number of fused-ring (bicyclic) bond motifs is 2. The predicted molar refractivity (Wildman–Crippen MR) is 121 cm³/mol. The van der Waals surface area contributed by atoms with Gasteiger partial charge < -0.3 is 19.6 Å². The number of piperidine rings is 1. The van der Waals surface area contributed by atoms with Gasteiger partial charge in [0.15, 0.2) is 11.5 Å². The van der Waals surface area contributed by atoms with Crippen molar-refractivity contribution in [1.29, 1.82) is 0 Å². The zero-order chi connectivity index (χ0) is 20.8. The summed E-state index contributed by atoms with van der Waals surface area (Å²) in [6.07, 6.45) is 2.42. The van der Waals surface area contributed by atoms with E-state index in [1.807, 2.05) is 24.3 Å². The second-order valence-corrected chi connectivity index (χ2v) is 8.85. The number of benzene rings is 2. The van der Waals surface area contributed by atoms with E-state index in [1.54, 1.807) is 0 Å². The van der Waals surface area contributed by atoms with Crippen LogP contribution in [0.4, 0.5) is 11.4 Å². The predicted octanol–water partition coefficient (Wildman–Crippen LogP) is 4.25. The number of ketones is 1. The van der Waals surface area contributed by atoms with Gasteiger partial charge in [-0.15, -0.1) is 0 Å². The van der Waals surface area contributed by atoms with E-state index in [1.165, 1.54) is 12.8 Å². The quantitative estimate of drug-likeness (QED) is 0.537. The number of aromatic nitrogens is 1. The van der Waals surface area contributed by atoms with Crippen molar-refractivity contribution in [2.45, 2.75) is 19.8 Å². The molecule has 0 unspecified atom stereocenters. The van der Waals surface area contributed by atoms with E-state index in [-0.39, 0.29) is 5.78 Å². The Labute approximate surface area is 176 Å². The van der Waals surface area contributed by atoms with E-state index in [0.717, 1.165) is 54.0 Å². The van der Waals surface area contributed by atoms with Crippen molar-refractivity contribution in [2.75, 3.05) is 50.5 Å². The minimum Gasteiger partial charge on any atom is -0.383 e. The third-order valence-corrected chi connectivity index (χ3v) is 6.25. The topological polar surface area (TPSA) is 61.6 Å². The molecule has 0 bridgehead atoms. The van der Waals surface area contributed by atoms with Crippen LogP contribution in [0, 0.1) is 5.92 Å². The highest BCUT2D eigenvalue weighted by atomic mass is 16.5. The summed E-state index contributed by atoms with van der Waals surface area (Å²) in [4.78, 5) is 18.1. The Balaban J connectivity index is 1.70. The van der Waals surface area contributed by atoms with Crippen molar-refractivity contribution in [1.82, 2.24) is 10.1 Å². The summed E-state index contributed by atoms with van der Waals surface area (Å²) in [5.74, 6) is 1.38. The normalized spacial score (nSPS) is 18.2. The number of likely N-dealkylation sites (N-methyl/N-ethyl adjacent to an activating group) is 1. The van der Waals surface area contributed by atoms with Crippen LogP contribution < -0.4 is 10.2 Å². The lowest BCUT2D eigenvalue weighted by Crippen LogP contribution is -2.34. The van der Waals surface area contributed by atoms with Crippen LogP contribution in [0.1, 0.15) is 35.7 Å². The van der Waals surface area contributed by atoms with Gasteiger partial charge in [-0.1, -0.05) is 36.3 Å². The molecule has 6 nitrogen and oxygen atoms in total. The molecule has 0 saturated carbocycles. The van der Waals surface area contributed by atoms with Gasteiger partial charge in [0.05, 0.1) is 16.6 Å². The van der Waals surface area contributed by atoms with Crippen molar-refractivity contribution >= 4 is 28.1 Å². The molecule has 1 aromatic heterocycles. The van der Waals surface area contributed by atoms with Crippen LogP contribution in [-0.4, -0.2) is 56.1 Å². The molecule has 0 spiro atoms. The molecule has 30 heavy (non-hydrogen) atoms. The molecule has 1 N–H and O–H groups in total. The number of hydrogen-bond acceptors (Lipinski definition) is 6. The molecule has 1 atom stereocenters. The Morgan fingerprint density at radius 2 is 2.07 bits per heavy atom. The molecule has 1 fully saturated rings. The second kappa shape index (κ2) is 7.43. The van der Waals surface area contributed by atoms with Crippen LogP contribution >= 0.6 is 0 Å². The second-order valence-electron chi connectivity index (χ2n) is 8.85. The van der Waals surface area contributed by atoms with Gasteiger partial charge in [0, 0.05) is 43.0 Å². The maximum Gasteiger partial charge on any atom is 0.196 e. The third kappa shape index (κ3) is 3.06. The van der Waals surface area contributed by atoms with Crippen LogP contribution in [0.3, 0.4) is 0 Å². The Morgan fingerprint density at radius 1 is 1.27 bits per heavy atom. The molecule has 5 rings (SSSR count). The number of rotatable bonds is 5. The standard InChI is InChI=1S/C24H28N4O2/c1-15-7-6-11-28(14-15)19-13-18(25-10-12-27(2)3)20-21-22(19)26-30-24(21)17-9-5-4-8-16(17)23(20)29/h4-5,8-9,13,15,25H,6-7,10-12,14H2,1-3H3/t15-/m1/s1. The first-order valence-corrected chi connectivity index (χ1v) is 10.8. The fourth-order valence-electron chi connectivity index (χ4n) is 4.75. The van der Waals surface area contributed by atoms with Gasteiger partial charge in [-0.2, -0.15) is 0 Å². The van der Waals surface area contributed by atoms with E-state index in [9.17, 15) is 4.79 Å². The molecule has 0 amide bonds. The maximum absolute atomic E-state index is 13.5. The molecule has 1 aliphatic carbocycles. The molecule has 2 aliphatic rings. The fourth-order valence-corrected chi connectivity index (χ4v) is 4.75. The van der Waals surface area contributed by atoms with E-state index >= 15 is 0 Å². The smallest absolute Gasteiger partial charge is 0.196 e. The lowest BCUT2D eigenvalue weighted by Gasteiger charge is -2.33. The van der Waals surface area contributed by atoms with Gasteiger partial charge in [0.1, 0.15) is 5.52 Å². The maximum atomic E-state index is 13.5. The number of nitrogens with one attached hydrogen (secondary N) is 1. The molecule has 0 radical (unpaired) electrons. The minimum atomic E-state index is 0.0391. The van der Waals surface area contributed by atoms with Crippen LogP contribution in [-0.2, 0) is 0 Å². The summed E-state index contributed by atoms with van der Waals surface area (Å²) in [5.41, 5.74) is 4.94. The van der Waals surface area contributed by atoms with Crippen LogP contribution in [0.5, 0.6) is 0 Å². The molecular formula is C24H28N4O2. The Hall–Kier alpha value is -2.86. The van der Waals surface area contributed by atoms with Crippen molar-refractivity contribution in [3.63, 3.8) is 0 Å². The summed E-state index contributed by atoms with van der Waals surface area (Å²) in [7, 11) is 4.10. The van der Waals surface area contributed by atoms with Crippen molar-refractivity contribution < 1.29 is 9.32 Å². The highest BCUT2D eigenvalue weighted by Crippen LogP contribution is 2.46. The Bertz CT molecular complexity index is 1120. The van der Waals surface area contributed by atoms with E-state index in [2.05, 4.69) is 47.4 Å². The van der Waals surface area contributed by atoms with E-state index in [4.69, 9.17) is 4.52 Å². The van der Waals surface area contributed by atoms with Crippen LogP contribution in [0.25, 0.3) is 22.2 Å².